The molecule has 0 N–H and O–H groups in total. The number of hydrogen-bond acceptors (Lipinski definition) is 0. The van der Waals surface area contributed by atoms with E-state index in [-0.39, 0.29) is 0 Å². The first-order chi connectivity index (χ1) is 11.1. The van der Waals surface area contributed by atoms with Gasteiger partial charge < -0.3 is 0 Å². The Morgan fingerprint density at radius 3 is 2.00 bits per heavy atom. The van der Waals surface area contributed by atoms with Crippen molar-refractivity contribution in [3.63, 3.8) is 0 Å². The van der Waals surface area contributed by atoms with Gasteiger partial charge in [-0.3, -0.25) is 0 Å². The van der Waals surface area contributed by atoms with E-state index in [0.717, 1.165) is 26.7 Å². The average molecular weight is 402 g/mol. The van der Waals surface area contributed by atoms with Crippen molar-refractivity contribution in [2.75, 3.05) is 0 Å². The maximum absolute atomic E-state index is 6.16. The van der Waals surface area contributed by atoms with E-state index in [1.807, 2.05) is 54.6 Å². The Labute approximate surface area is 154 Å². The molecule has 0 aliphatic heterocycles. The molecule has 0 saturated carbocycles. The molecule has 3 heteroatoms. The Kier molecular flexibility index (Phi) is 5.08. The zero-order chi connectivity index (χ0) is 16.2. The standard InChI is InChI=1S/C20H11BrCl2/c21-20-13-18(23)11-9-16(20)7-6-15-8-10-17(22)12-19(15)14-4-2-1-3-5-14/h1-5,8-13H. The summed E-state index contributed by atoms with van der Waals surface area (Å²) in [6, 6.07) is 21.4. The quantitative estimate of drug-likeness (QED) is 0.392. The first kappa shape index (κ1) is 16.1. The third-order valence-electron chi connectivity index (χ3n) is 3.33. The third kappa shape index (κ3) is 3.98. The van der Waals surface area contributed by atoms with Gasteiger partial charge in [0.25, 0.3) is 0 Å². The molecular formula is C20H11BrCl2. The summed E-state index contributed by atoms with van der Waals surface area (Å²) in [4.78, 5) is 0. The highest BCUT2D eigenvalue weighted by Crippen LogP contribution is 2.27. The molecule has 0 bridgehead atoms. The lowest BCUT2D eigenvalue weighted by molar-refractivity contribution is 1.57. The van der Waals surface area contributed by atoms with E-state index >= 15 is 0 Å². The van der Waals surface area contributed by atoms with Gasteiger partial charge in [-0.2, -0.15) is 0 Å². The van der Waals surface area contributed by atoms with Crippen molar-refractivity contribution < 1.29 is 0 Å². The van der Waals surface area contributed by atoms with E-state index < -0.39 is 0 Å². The van der Waals surface area contributed by atoms with Gasteiger partial charge in [-0.25, -0.2) is 0 Å². The van der Waals surface area contributed by atoms with Crippen LogP contribution in [0.25, 0.3) is 11.1 Å². The van der Waals surface area contributed by atoms with Crippen molar-refractivity contribution in [1.82, 2.24) is 0 Å². The van der Waals surface area contributed by atoms with Crippen LogP contribution in [-0.2, 0) is 0 Å². The highest BCUT2D eigenvalue weighted by molar-refractivity contribution is 9.10. The van der Waals surface area contributed by atoms with Crippen LogP contribution >= 0.6 is 39.1 Å². The summed E-state index contributed by atoms with van der Waals surface area (Å²) >= 11 is 15.6. The monoisotopic (exact) mass is 400 g/mol. The summed E-state index contributed by atoms with van der Waals surface area (Å²) in [7, 11) is 0. The number of halogens is 3. The summed E-state index contributed by atoms with van der Waals surface area (Å²) < 4.78 is 0.882. The van der Waals surface area contributed by atoms with E-state index in [9.17, 15) is 0 Å². The topological polar surface area (TPSA) is 0 Å². The van der Waals surface area contributed by atoms with Crippen LogP contribution in [0, 0.1) is 11.8 Å². The van der Waals surface area contributed by atoms with Gasteiger partial charge in [0.2, 0.25) is 0 Å². The fraction of sp³-hybridized carbons (Fsp3) is 0. The summed E-state index contributed by atoms with van der Waals surface area (Å²) in [5.41, 5.74) is 3.94. The molecule has 0 nitrogen and oxygen atoms in total. The summed E-state index contributed by atoms with van der Waals surface area (Å²) in [6.45, 7) is 0. The van der Waals surface area contributed by atoms with E-state index in [1.165, 1.54) is 0 Å². The SMILES string of the molecule is Clc1ccc(C#Cc2ccc(Cl)cc2-c2ccccc2)c(Br)c1. The van der Waals surface area contributed by atoms with Crippen molar-refractivity contribution >= 4 is 39.1 Å². The largest absolute Gasteiger partial charge is 0.0843 e. The molecular weight excluding hydrogens is 391 g/mol. The Balaban J connectivity index is 2.06. The van der Waals surface area contributed by atoms with Crippen LogP contribution in [0.2, 0.25) is 10.0 Å². The minimum Gasteiger partial charge on any atom is -0.0843 e. The minimum absolute atomic E-state index is 0.680. The summed E-state index contributed by atoms with van der Waals surface area (Å²) in [5, 5.41) is 1.38. The lowest BCUT2D eigenvalue weighted by Crippen LogP contribution is -1.85. The van der Waals surface area contributed by atoms with Crippen LogP contribution in [0.15, 0.2) is 71.2 Å². The Morgan fingerprint density at radius 1 is 0.696 bits per heavy atom. The molecule has 112 valence electrons. The molecule has 3 aromatic carbocycles. The molecule has 0 amide bonds. The Bertz CT molecular complexity index is 906. The van der Waals surface area contributed by atoms with Gasteiger partial charge in [0.15, 0.2) is 0 Å². The van der Waals surface area contributed by atoms with Crippen molar-refractivity contribution in [2.45, 2.75) is 0 Å². The summed E-state index contributed by atoms with van der Waals surface area (Å²) in [6.07, 6.45) is 0. The molecule has 23 heavy (non-hydrogen) atoms. The molecule has 3 rings (SSSR count). The predicted octanol–water partition coefficient (Wildman–Crippen LogP) is 6.82. The molecule has 0 spiro atoms. The van der Waals surface area contributed by atoms with E-state index in [2.05, 4.69) is 39.9 Å². The van der Waals surface area contributed by atoms with Crippen molar-refractivity contribution in [3.8, 4) is 23.0 Å². The molecule has 0 fully saturated rings. The second-order valence-corrected chi connectivity index (χ2v) is 6.66. The number of hydrogen-bond donors (Lipinski definition) is 0. The van der Waals surface area contributed by atoms with Crippen LogP contribution in [0.4, 0.5) is 0 Å². The summed E-state index contributed by atoms with van der Waals surface area (Å²) in [5.74, 6) is 6.42. The van der Waals surface area contributed by atoms with Crippen LogP contribution in [0.3, 0.4) is 0 Å². The van der Waals surface area contributed by atoms with Gasteiger partial charge >= 0.3 is 0 Å². The third-order valence-corrected chi connectivity index (χ3v) is 4.46. The van der Waals surface area contributed by atoms with Crippen LogP contribution in [0.5, 0.6) is 0 Å². The van der Waals surface area contributed by atoms with Gasteiger partial charge in [-0.1, -0.05) is 65.4 Å². The first-order valence-electron chi connectivity index (χ1n) is 6.95. The number of benzene rings is 3. The highest BCUT2D eigenvalue weighted by Gasteiger charge is 2.04. The van der Waals surface area contributed by atoms with Crippen molar-refractivity contribution in [1.29, 1.82) is 0 Å². The Morgan fingerprint density at radius 2 is 1.30 bits per heavy atom. The molecule has 0 saturated heterocycles. The van der Waals surface area contributed by atoms with Crippen LogP contribution in [0.1, 0.15) is 11.1 Å². The molecule has 0 heterocycles. The normalized spacial score (nSPS) is 10.0. The smallest absolute Gasteiger partial charge is 0.0418 e. The van der Waals surface area contributed by atoms with Gasteiger partial charge in [-0.05, 0) is 63.5 Å². The second-order valence-electron chi connectivity index (χ2n) is 4.93. The van der Waals surface area contributed by atoms with Gasteiger partial charge in [0.1, 0.15) is 0 Å². The molecule has 0 aromatic heterocycles. The van der Waals surface area contributed by atoms with Gasteiger partial charge in [0, 0.05) is 25.6 Å². The van der Waals surface area contributed by atoms with Crippen LogP contribution < -0.4 is 0 Å². The lowest BCUT2D eigenvalue weighted by Gasteiger charge is -2.05. The molecule has 3 aromatic rings. The Hall–Kier alpha value is -1.72. The van der Waals surface area contributed by atoms with E-state index in [1.54, 1.807) is 0 Å². The first-order valence-corrected chi connectivity index (χ1v) is 8.50. The molecule has 0 aliphatic rings. The molecule has 0 atom stereocenters. The minimum atomic E-state index is 0.680. The van der Waals surface area contributed by atoms with Gasteiger partial charge in [0.05, 0.1) is 0 Å². The fourth-order valence-corrected chi connectivity index (χ4v) is 3.16. The maximum atomic E-state index is 6.16. The van der Waals surface area contributed by atoms with Crippen molar-refractivity contribution in [3.05, 3.63) is 92.4 Å². The highest BCUT2D eigenvalue weighted by atomic mass is 79.9. The average Bonchev–Trinajstić information content (AvgIpc) is 2.56. The van der Waals surface area contributed by atoms with E-state index in [4.69, 9.17) is 23.2 Å². The number of rotatable bonds is 1. The maximum Gasteiger partial charge on any atom is 0.0418 e. The molecule has 0 unspecified atom stereocenters. The lowest BCUT2D eigenvalue weighted by atomic mass is 10.00. The van der Waals surface area contributed by atoms with Gasteiger partial charge in [-0.15, -0.1) is 0 Å². The van der Waals surface area contributed by atoms with Crippen molar-refractivity contribution in [2.24, 2.45) is 0 Å². The molecule has 0 radical (unpaired) electrons. The van der Waals surface area contributed by atoms with Crippen LogP contribution in [-0.4, -0.2) is 0 Å². The van der Waals surface area contributed by atoms with E-state index in [0.29, 0.717) is 10.0 Å². The zero-order valence-corrected chi connectivity index (χ0v) is 15.1. The predicted molar refractivity (Wildman–Crippen MR) is 102 cm³/mol. The fourth-order valence-electron chi connectivity index (χ4n) is 2.21. The second kappa shape index (κ2) is 7.23. The zero-order valence-electron chi connectivity index (χ0n) is 12.0. The molecule has 0 aliphatic carbocycles.